The van der Waals surface area contributed by atoms with E-state index in [1.807, 2.05) is 12.1 Å². The lowest BCUT2D eigenvalue weighted by Crippen LogP contribution is -2.00. The first-order valence-corrected chi connectivity index (χ1v) is 9.43. The maximum absolute atomic E-state index is 12.0. The first-order valence-electron chi connectivity index (χ1n) is 7.54. The molecule has 1 fully saturated rings. The topological polar surface area (TPSA) is 88.1 Å². The van der Waals surface area contributed by atoms with Gasteiger partial charge in [0.1, 0.15) is 12.4 Å². The van der Waals surface area contributed by atoms with Gasteiger partial charge < -0.3 is 4.40 Å². The first-order chi connectivity index (χ1) is 11.5. The summed E-state index contributed by atoms with van der Waals surface area (Å²) in [4.78, 5) is 8.52. The third kappa shape index (κ3) is 2.45. The molecule has 3 aromatic heterocycles. The predicted molar refractivity (Wildman–Crippen MR) is 88.2 cm³/mol. The van der Waals surface area contributed by atoms with Gasteiger partial charge in [-0.2, -0.15) is 5.26 Å². The number of rotatable bonds is 3. The fraction of sp³-hybridized carbons (Fsp3) is 0.235. The molecule has 0 atom stereocenters. The zero-order chi connectivity index (χ0) is 16.9. The number of imidazole rings is 1. The Morgan fingerprint density at radius 3 is 2.67 bits per heavy atom. The fourth-order valence-corrected chi connectivity index (χ4v) is 3.65. The molecule has 1 aliphatic rings. The van der Waals surface area contributed by atoms with Crippen LogP contribution in [0.25, 0.3) is 16.6 Å². The lowest BCUT2D eigenvalue weighted by Gasteiger charge is -2.08. The summed E-state index contributed by atoms with van der Waals surface area (Å²) >= 11 is 0. The molecule has 3 aromatic rings. The van der Waals surface area contributed by atoms with Crippen molar-refractivity contribution in [2.45, 2.75) is 23.8 Å². The van der Waals surface area contributed by atoms with E-state index in [4.69, 9.17) is 0 Å². The second-order valence-electron chi connectivity index (χ2n) is 6.08. The van der Waals surface area contributed by atoms with Crippen molar-refractivity contribution >= 4 is 15.4 Å². The quantitative estimate of drug-likeness (QED) is 0.732. The van der Waals surface area contributed by atoms with Crippen molar-refractivity contribution in [1.82, 2.24) is 14.4 Å². The Labute approximate surface area is 139 Å². The highest BCUT2D eigenvalue weighted by atomic mass is 32.2. The Morgan fingerprint density at radius 2 is 2.08 bits per heavy atom. The van der Waals surface area contributed by atoms with E-state index < -0.39 is 9.84 Å². The largest absolute Gasteiger partial charge is 0.303 e. The maximum Gasteiger partial charge on any atom is 0.194 e. The van der Waals surface area contributed by atoms with Crippen molar-refractivity contribution < 1.29 is 8.42 Å². The second-order valence-corrected chi connectivity index (χ2v) is 8.01. The summed E-state index contributed by atoms with van der Waals surface area (Å²) in [6.07, 6.45) is 8.20. The number of aromatic nitrogens is 3. The van der Waals surface area contributed by atoms with Gasteiger partial charge in [-0.3, -0.25) is 4.98 Å². The molecule has 120 valence electrons. The number of sulfone groups is 1. The minimum atomic E-state index is -3.48. The molecule has 1 saturated carbocycles. The van der Waals surface area contributed by atoms with E-state index in [1.165, 1.54) is 19.2 Å². The molecular weight excluding hydrogens is 324 g/mol. The molecule has 0 radical (unpaired) electrons. The highest BCUT2D eigenvalue weighted by Gasteiger charge is 2.25. The van der Waals surface area contributed by atoms with E-state index in [2.05, 4.69) is 16.0 Å². The third-order valence-corrected chi connectivity index (χ3v) is 5.17. The zero-order valence-corrected chi connectivity index (χ0v) is 13.8. The molecule has 0 amide bonds. The smallest absolute Gasteiger partial charge is 0.194 e. The molecule has 0 spiro atoms. The molecule has 0 aliphatic heterocycles. The molecule has 0 bridgehead atoms. The Bertz CT molecular complexity index is 1090. The minimum Gasteiger partial charge on any atom is -0.303 e. The monoisotopic (exact) mass is 338 g/mol. The molecule has 4 rings (SSSR count). The molecule has 1 aliphatic carbocycles. The SMILES string of the molecule is CS(=O)(=O)c1ncn2cc(C#N)cc(-c3ccc(C4CC4)nc3)c12. The normalized spacial score (nSPS) is 14.7. The van der Waals surface area contributed by atoms with Gasteiger partial charge in [-0.25, -0.2) is 13.4 Å². The van der Waals surface area contributed by atoms with Crippen LogP contribution in [0.15, 0.2) is 41.9 Å². The summed E-state index contributed by atoms with van der Waals surface area (Å²) in [6.45, 7) is 0. The number of fused-ring (bicyclic) bond motifs is 1. The highest BCUT2D eigenvalue weighted by molar-refractivity contribution is 7.90. The zero-order valence-electron chi connectivity index (χ0n) is 13.0. The first kappa shape index (κ1) is 14.8. The molecule has 0 unspecified atom stereocenters. The molecule has 0 saturated heterocycles. The van der Waals surface area contributed by atoms with E-state index in [9.17, 15) is 13.7 Å². The molecule has 0 aromatic carbocycles. The summed E-state index contributed by atoms with van der Waals surface area (Å²) in [5.74, 6) is 0.547. The number of nitriles is 1. The van der Waals surface area contributed by atoms with Crippen LogP contribution in [0.2, 0.25) is 0 Å². The lowest BCUT2D eigenvalue weighted by atomic mass is 10.1. The van der Waals surface area contributed by atoms with Crippen LogP contribution in [0.4, 0.5) is 0 Å². The summed E-state index contributed by atoms with van der Waals surface area (Å²) in [7, 11) is -3.48. The van der Waals surface area contributed by atoms with E-state index in [-0.39, 0.29) is 5.03 Å². The molecule has 3 heterocycles. The van der Waals surface area contributed by atoms with Crippen molar-refractivity contribution in [1.29, 1.82) is 5.26 Å². The van der Waals surface area contributed by atoms with Gasteiger partial charge in [0.15, 0.2) is 14.9 Å². The van der Waals surface area contributed by atoms with Crippen LogP contribution >= 0.6 is 0 Å². The van der Waals surface area contributed by atoms with Crippen LogP contribution in [0.1, 0.15) is 30.0 Å². The summed E-state index contributed by atoms with van der Waals surface area (Å²) in [5, 5.41) is 9.25. The lowest BCUT2D eigenvalue weighted by molar-refractivity contribution is 0.600. The minimum absolute atomic E-state index is 0.00765. The van der Waals surface area contributed by atoms with Crippen molar-refractivity contribution in [2.75, 3.05) is 6.26 Å². The Kier molecular flexibility index (Phi) is 3.18. The van der Waals surface area contributed by atoms with Crippen LogP contribution in [0.3, 0.4) is 0 Å². The van der Waals surface area contributed by atoms with Crippen LogP contribution in [-0.4, -0.2) is 29.0 Å². The van der Waals surface area contributed by atoms with E-state index in [1.54, 1.807) is 22.9 Å². The maximum atomic E-state index is 12.0. The second kappa shape index (κ2) is 5.14. The molecule has 0 N–H and O–H groups in total. The average molecular weight is 338 g/mol. The van der Waals surface area contributed by atoms with Gasteiger partial charge in [-0.15, -0.1) is 0 Å². The van der Waals surface area contributed by atoms with Crippen molar-refractivity contribution in [3.63, 3.8) is 0 Å². The highest BCUT2D eigenvalue weighted by Crippen LogP contribution is 2.39. The van der Waals surface area contributed by atoms with Crippen LogP contribution in [0, 0.1) is 11.3 Å². The number of hydrogen-bond acceptors (Lipinski definition) is 5. The third-order valence-electron chi connectivity index (χ3n) is 4.17. The fourth-order valence-electron chi connectivity index (χ4n) is 2.84. The average Bonchev–Trinajstić information content (AvgIpc) is 3.31. The number of hydrogen-bond donors (Lipinski definition) is 0. The van der Waals surface area contributed by atoms with Gasteiger partial charge in [0.25, 0.3) is 0 Å². The molecule has 7 heteroatoms. The van der Waals surface area contributed by atoms with Crippen LogP contribution in [0.5, 0.6) is 0 Å². The van der Waals surface area contributed by atoms with Gasteiger partial charge >= 0.3 is 0 Å². The molecule has 6 nitrogen and oxygen atoms in total. The number of pyridine rings is 2. The Hall–Kier alpha value is -2.72. The van der Waals surface area contributed by atoms with Gasteiger partial charge in [0, 0.05) is 41.4 Å². The van der Waals surface area contributed by atoms with E-state index >= 15 is 0 Å². The van der Waals surface area contributed by atoms with Crippen molar-refractivity contribution in [3.05, 3.63) is 48.2 Å². The van der Waals surface area contributed by atoms with Gasteiger partial charge in [-0.05, 0) is 25.0 Å². The Balaban J connectivity index is 1.98. The van der Waals surface area contributed by atoms with Crippen LogP contribution in [-0.2, 0) is 9.84 Å². The molecular formula is C17H14N4O2S. The van der Waals surface area contributed by atoms with Crippen molar-refractivity contribution in [3.8, 4) is 17.2 Å². The van der Waals surface area contributed by atoms with E-state index in [0.29, 0.717) is 22.6 Å². The number of nitrogens with zero attached hydrogens (tertiary/aromatic N) is 4. The summed E-state index contributed by atoms with van der Waals surface area (Å²) < 4.78 is 25.7. The standard InChI is InChI=1S/C17H14N4O2S/c1-24(22,23)17-16-14(6-11(7-18)9-21(16)10-20-17)13-4-5-15(19-8-13)12-2-3-12/h4-6,8-10,12H,2-3H2,1H3. The van der Waals surface area contributed by atoms with E-state index in [0.717, 1.165) is 17.5 Å². The predicted octanol–water partition coefficient (Wildman–Crippen LogP) is 2.55. The van der Waals surface area contributed by atoms with Gasteiger partial charge in [-0.1, -0.05) is 6.07 Å². The van der Waals surface area contributed by atoms with Gasteiger partial charge in [0.2, 0.25) is 0 Å². The van der Waals surface area contributed by atoms with Crippen LogP contribution < -0.4 is 0 Å². The summed E-state index contributed by atoms with van der Waals surface area (Å²) in [5.41, 5.74) is 3.37. The molecule has 24 heavy (non-hydrogen) atoms. The summed E-state index contributed by atoms with van der Waals surface area (Å²) in [6, 6.07) is 7.68. The Morgan fingerprint density at radius 1 is 1.29 bits per heavy atom. The van der Waals surface area contributed by atoms with Gasteiger partial charge in [0.05, 0.1) is 11.1 Å². The van der Waals surface area contributed by atoms with Crippen molar-refractivity contribution in [2.24, 2.45) is 0 Å².